The van der Waals surface area contributed by atoms with Gasteiger partial charge in [-0.1, -0.05) is 30.3 Å². The molecule has 0 bridgehead atoms. The third-order valence-corrected chi connectivity index (χ3v) is 3.64. The van der Waals surface area contributed by atoms with Crippen molar-refractivity contribution < 1.29 is 9.53 Å². The van der Waals surface area contributed by atoms with E-state index in [1.807, 2.05) is 37.3 Å². The van der Waals surface area contributed by atoms with Gasteiger partial charge in [-0.3, -0.25) is 0 Å². The number of hydrogen-bond acceptors (Lipinski definition) is 6. The molecule has 0 saturated heterocycles. The number of ether oxygens (including phenoxy) is 1. The number of para-hydroxylation sites is 2. The number of methoxy groups -OCH3 is 1. The number of nitrogens with zero attached hydrogens (tertiary/aromatic N) is 2. The van der Waals surface area contributed by atoms with Crippen molar-refractivity contribution in [3.8, 4) is 0 Å². The molecule has 6 heteroatoms. The fourth-order valence-corrected chi connectivity index (χ4v) is 2.34. The van der Waals surface area contributed by atoms with Crippen molar-refractivity contribution in [3.63, 3.8) is 0 Å². The Bertz CT molecular complexity index is 896. The highest BCUT2D eigenvalue weighted by atomic mass is 16.5. The first-order chi connectivity index (χ1) is 12.2. The number of carbonyl (C=O) groups excluding carboxylic acids is 1. The Balaban J connectivity index is 1.84. The second-order valence-electron chi connectivity index (χ2n) is 5.37. The molecule has 25 heavy (non-hydrogen) atoms. The summed E-state index contributed by atoms with van der Waals surface area (Å²) in [4.78, 5) is 20.5. The largest absolute Gasteiger partial charge is 0.465 e. The Morgan fingerprint density at radius 3 is 2.44 bits per heavy atom. The molecule has 0 radical (unpaired) electrons. The molecule has 2 N–H and O–H groups in total. The van der Waals surface area contributed by atoms with Crippen LogP contribution < -0.4 is 10.6 Å². The minimum Gasteiger partial charge on any atom is -0.465 e. The normalized spacial score (nSPS) is 10.2. The summed E-state index contributed by atoms with van der Waals surface area (Å²) in [5.41, 5.74) is 3.10. The number of hydrogen-bond donors (Lipinski definition) is 2. The summed E-state index contributed by atoms with van der Waals surface area (Å²) in [6.07, 6.45) is 1.65. The van der Waals surface area contributed by atoms with Crippen LogP contribution in [0.15, 0.2) is 60.8 Å². The topological polar surface area (TPSA) is 76.1 Å². The van der Waals surface area contributed by atoms with Crippen molar-refractivity contribution in [2.24, 2.45) is 0 Å². The van der Waals surface area contributed by atoms with Gasteiger partial charge >= 0.3 is 5.97 Å². The lowest BCUT2D eigenvalue weighted by atomic mass is 10.2. The lowest BCUT2D eigenvalue weighted by Crippen LogP contribution is -2.07. The SMILES string of the molecule is COC(=O)c1ccccc1Nc1ccnc(Nc2ccccc2C)n1. The maximum Gasteiger partial charge on any atom is 0.339 e. The molecule has 1 aromatic heterocycles. The molecule has 1 heterocycles. The highest BCUT2D eigenvalue weighted by Gasteiger charge is 2.11. The van der Waals surface area contributed by atoms with Crippen molar-refractivity contribution in [2.75, 3.05) is 17.7 Å². The molecular formula is C19H18N4O2. The second kappa shape index (κ2) is 7.44. The minimum absolute atomic E-state index is 0.407. The van der Waals surface area contributed by atoms with E-state index >= 15 is 0 Å². The quantitative estimate of drug-likeness (QED) is 0.685. The highest BCUT2D eigenvalue weighted by molar-refractivity contribution is 5.96. The van der Waals surface area contributed by atoms with Gasteiger partial charge in [0, 0.05) is 11.9 Å². The van der Waals surface area contributed by atoms with Gasteiger partial charge in [-0.15, -0.1) is 0 Å². The minimum atomic E-state index is -0.407. The maximum atomic E-state index is 11.9. The van der Waals surface area contributed by atoms with Crippen molar-refractivity contribution in [1.29, 1.82) is 0 Å². The van der Waals surface area contributed by atoms with Crippen molar-refractivity contribution >= 4 is 29.1 Å². The zero-order valence-electron chi connectivity index (χ0n) is 14.0. The Morgan fingerprint density at radius 2 is 1.68 bits per heavy atom. The molecule has 6 nitrogen and oxygen atoms in total. The monoisotopic (exact) mass is 334 g/mol. The molecule has 0 unspecified atom stereocenters. The van der Waals surface area contributed by atoms with Crippen LogP contribution in [0.2, 0.25) is 0 Å². The first-order valence-electron chi connectivity index (χ1n) is 7.77. The molecule has 3 rings (SSSR count). The molecule has 3 aromatic rings. The van der Waals surface area contributed by atoms with E-state index in [4.69, 9.17) is 4.74 Å². The molecule has 0 aliphatic carbocycles. The van der Waals surface area contributed by atoms with Crippen molar-refractivity contribution in [1.82, 2.24) is 9.97 Å². The molecule has 0 atom stereocenters. The standard InChI is InChI=1S/C19H18N4O2/c1-13-7-3-5-9-15(13)22-19-20-12-11-17(23-19)21-16-10-6-4-8-14(16)18(24)25-2/h3-12H,1-2H3,(H2,20,21,22,23). The van der Waals surface area contributed by atoms with Crippen LogP contribution in [0, 0.1) is 6.92 Å². The zero-order chi connectivity index (χ0) is 17.6. The first kappa shape index (κ1) is 16.4. The van der Waals surface area contributed by atoms with Gasteiger partial charge in [0.15, 0.2) is 0 Å². The third kappa shape index (κ3) is 3.92. The number of rotatable bonds is 5. The summed E-state index contributed by atoms with van der Waals surface area (Å²) in [6.45, 7) is 2.01. The van der Waals surface area contributed by atoms with Gasteiger partial charge in [-0.25, -0.2) is 9.78 Å². The van der Waals surface area contributed by atoms with Gasteiger partial charge in [0.25, 0.3) is 0 Å². The molecule has 126 valence electrons. The van der Waals surface area contributed by atoms with Gasteiger partial charge in [0.1, 0.15) is 5.82 Å². The Morgan fingerprint density at radius 1 is 0.960 bits per heavy atom. The van der Waals surface area contributed by atoms with Crippen LogP contribution in [0.3, 0.4) is 0 Å². The Kier molecular flexibility index (Phi) is 4.89. The van der Waals surface area contributed by atoms with E-state index in [0.717, 1.165) is 11.3 Å². The lowest BCUT2D eigenvalue weighted by molar-refractivity contribution is 0.0602. The molecule has 0 amide bonds. The maximum absolute atomic E-state index is 11.9. The average Bonchev–Trinajstić information content (AvgIpc) is 2.64. The summed E-state index contributed by atoms with van der Waals surface area (Å²) >= 11 is 0. The fourth-order valence-electron chi connectivity index (χ4n) is 2.34. The molecular weight excluding hydrogens is 316 g/mol. The van der Waals surface area contributed by atoms with Crippen LogP contribution in [0.25, 0.3) is 0 Å². The Hall–Kier alpha value is -3.41. The predicted octanol–water partition coefficient (Wildman–Crippen LogP) is 4.06. The van der Waals surface area contributed by atoms with E-state index < -0.39 is 5.97 Å². The van der Waals surface area contributed by atoms with Gasteiger partial charge in [-0.2, -0.15) is 4.98 Å². The van der Waals surface area contributed by atoms with Crippen LogP contribution in [0.1, 0.15) is 15.9 Å². The summed E-state index contributed by atoms with van der Waals surface area (Å²) < 4.78 is 4.81. The third-order valence-electron chi connectivity index (χ3n) is 3.64. The van der Waals surface area contributed by atoms with Crippen LogP contribution in [-0.2, 0) is 4.74 Å². The molecule has 0 saturated carbocycles. The van der Waals surface area contributed by atoms with Gasteiger partial charge < -0.3 is 15.4 Å². The summed E-state index contributed by atoms with van der Waals surface area (Å²) in [7, 11) is 1.36. The smallest absolute Gasteiger partial charge is 0.339 e. The van der Waals surface area contributed by atoms with Gasteiger partial charge in [-0.05, 0) is 36.8 Å². The number of nitrogens with one attached hydrogen (secondary N) is 2. The number of esters is 1. The van der Waals surface area contributed by atoms with Crippen LogP contribution >= 0.6 is 0 Å². The first-order valence-corrected chi connectivity index (χ1v) is 7.77. The van der Waals surface area contributed by atoms with E-state index in [1.165, 1.54) is 7.11 Å². The lowest BCUT2D eigenvalue weighted by Gasteiger charge is -2.12. The fraction of sp³-hybridized carbons (Fsp3) is 0.105. The average molecular weight is 334 g/mol. The highest BCUT2D eigenvalue weighted by Crippen LogP contribution is 2.22. The second-order valence-corrected chi connectivity index (χ2v) is 5.37. The summed E-state index contributed by atoms with van der Waals surface area (Å²) in [6, 6.07) is 16.7. The van der Waals surface area contributed by atoms with E-state index in [1.54, 1.807) is 30.5 Å². The predicted molar refractivity (Wildman–Crippen MR) is 97.6 cm³/mol. The van der Waals surface area contributed by atoms with Crippen LogP contribution in [0.4, 0.5) is 23.1 Å². The number of carbonyl (C=O) groups is 1. The van der Waals surface area contributed by atoms with Gasteiger partial charge in [0.2, 0.25) is 5.95 Å². The van der Waals surface area contributed by atoms with Crippen LogP contribution in [0.5, 0.6) is 0 Å². The number of anilines is 4. The van der Waals surface area contributed by atoms with E-state index in [-0.39, 0.29) is 0 Å². The van der Waals surface area contributed by atoms with Crippen LogP contribution in [-0.4, -0.2) is 23.0 Å². The number of benzene rings is 2. The molecule has 0 spiro atoms. The molecule has 0 fully saturated rings. The zero-order valence-corrected chi connectivity index (χ0v) is 14.0. The van der Waals surface area contributed by atoms with Crippen molar-refractivity contribution in [3.05, 3.63) is 71.9 Å². The summed E-state index contributed by atoms with van der Waals surface area (Å²) in [5, 5.41) is 6.33. The molecule has 2 aromatic carbocycles. The van der Waals surface area contributed by atoms with E-state index in [2.05, 4.69) is 20.6 Å². The van der Waals surface area contributed by atoms with E-state index in [9.17, 15) is 4.79 Å². The number of aromatic nitrogens is 2. The molecule has 0 aliphatic rings. The van der Waals surface area contributed by atoms with E-state index in [0.29, 0.717) is 23.0 Å². The molecule has 0 aliphatic heterocycles. The Labute approximate surface area is 145 Å². The summed E-state index contributed by atoms with van der Waals surface area (Å²) in [5.74, 6) is 0.632. The number of aryl methyl sites for hydroxylation is 1. The van der Waals surface area contributed by atoms with Gasteiger partial charge in [0.05, 0.1) is 18.4 Å². The van der Waals surface area contributed by atoms with Crippen molar-refractivity contribution in [2.45, 2.75) is 6.92 Å².